The third-order valence-corrected chi connectivity index (χ3v) is 3.87. The lowest BCUT2D eigenvalue weighted by atomic mass is 9.89. The van der Waals surface area contributed by atoms with Gasteiger partial charge in [0.2, 0.25) is 0 Å². The largest absolute Gasteiger partial charge is 0.444 e. The summed E-state index contributed by atoms with van der Waals surface area (Å²) >= 11 is 0. The molecular weight excluding hydrogens is 246 g/mol. The molecule has 0 aromatic heterocycles. The van der Waals surface area contributed by atoms with Crippen LogP contribution in [-0.4, -0.2) is 53.1 Å². The summed E-state index contributed by atoms with van der Waals surface area (Å²) in [7, 11) is 0. The molecule has 5 nitrogen and oxygen atoms in total. The van der Waals surface area contributed by atoms with Crippen LogP contribution in [0.25, 0.3) is 0 Å². The number of amides is 1. The van der Waals surface area contributed by atoms with E-state index in [1.54, 1.807) is 4.90 Å². The minimum absolute atomic E-state index is 0.267. The molecule has 1 spiro atoms. The quantitative estimate of drug-likeness (QED) is 0.731. The SMILES string of the molecule is CC(C)(C)OC(=O)N1CCCC2(CC1)OCCC2O. The highest BCUT2D eigenvalue weighted by atomic mass is 16.6. The number of nitrogens with zero attached hydrogens (tertiary/aromatic N) is 1. The van der Waals surface area contributed by atoms with E-state index in [9.17, 15) is 9.90 Å². The maximum Gasteiger partial charge on any atom is 0.410 e. The van der Waals surface area contributed by atoms with E-state index in [0.717, 1.165) is 12.8 Å². The maximum atomic E-state index is 12.1. The van der Waals surface area contributed by atoms with Gasteiger partial charge in [0.15, 0.2) is 0 Å². The van der Waals surface area contributed by atoms with Gasteiger partial charge in [0.05, 0.1) is 18.3 Å². The molecule has 19 heavy (non-hydrogen) atoms. The van der Waals surface area contributed by atoms with Crippen molar-refractivity contribution in [1.29, 1.82) is 0 Å². The Hall–Kier alpha value is -0.810. The lowest BCUT2D eigenvalue weighted by Gasteiger charge is -2.30. The van der Waals surface area contributed by atoms with E-state index in [-0.39, 0.29) is 6.09 Å². The number of likely N-dealkylation sites (tertiary alicyclic amines) is 1. The minimum atomic E-state index is -0.468. The van der Waals surface area contributed by atoms with Crippen LogP contribution in [0.5, 0.6) is 0 Å². The first-order chi connectivity index (χ1) is 8.82. The highest BCUT2D eigenvalue weighted by Gasteiger charge is 2.44. The van der Waals surface area contributed by atoms with Crippen LogP contribution >= 0.6 is 0 Å². The summed E-state index contributed by atoms with van der Waals surface area (Å²) in [5.74, 6) is 0. The molecule has 2 heterocycles. The summed E-state index contributed by atoms with van der Waals surface area (Å²) < 4.78 is 11.2. The van der Waals surface area contributed by atoms with E-state index >= 15 is 0 Å². The van der Waals surface area contributed by atoms with Gasteiger partial charge in [-0.3, -0.25) is 0 Å². The summed E-state index contributed by atoms with van der Waals surface area (Å²) in [6, 6.07) is 0. The van der Waals surface area contributed by atoms with Crippen molar-refractivity contribution in [3.05, 3.63) is 0 Å². The minimum Gasteiger partial charge on any atom is -0.444 e. The number of carbonyl (C=O) groups is 1. The summed E-state index contributed by atoms with van der Waals surface area (Å²) in [6.45, 7) is 7.49. The molecule has 2 atom stereocenters. The second-order valence-corrected chi connectivity index (χ2v) is 6.54. The molecule has 0 aromatic carbocycles. The van der Waals surface area contributed by atoms with E-state index in [4.69, 9.17) is 9.47 Å². The molecule has 2 aliphatic rings. The van der Waals surface area contributed by atoms with Crippen LogP contribution in [0.3, 0.4) is 0 Å². The molecule has 2 saturated heterocycles. The molecule has 110 valence electrons. The van der Waals surface area contributed by atoms with Crippen molar-refractivity contribution >= 4 is 6.09 Å². The number of carbonyl (C=O) groups excluding carboxylic acids is 1. The average molecular weight is 271 g/mol. The standard InChI is InChI=1S/C14H25NO4/c1-13(2,3)19-12(17)15-8-4-6-14(7-9-15)11(16)5-10-18-14/h11,16H,4-10H2,1-3H3. The molecule has 2 aliphatic heterocycles. The van der Waals surface area contributed by atoms with Crippen LogP contribution < -0.4 is 0 Å². The topological polar surface area (TPSA) is 59.0 Å². The second kappa shape index (κ2) is 5.29. The first-order valence-corrected chi connectivity index (χ1v) is 7.12. The fourth-order valence-electron chi connectivity index (χ4n) is 2.85. The van der Waals surface area contributed by atoms with Crippen molar-refractivity contribution in [3.63, 3.8) is 0 Å². The van der Waals surface area contributed by atoms with Crippen molar-refractivity contribution in [2.24, 2.45) is 0 Å². The van der Waals surface area contributed by atoms with Crippen LogP contribution in [0, 0.1) is 0 Å². The Morgan fingerprint density at radius 2 is 2.11 bits per heavy atom. The number of hydrogen-bond donors (Lipinski definition) is 1. The smallest absolute Gasteiger partial charge is 0.410 e. The number of hydrogen-bond acceptors (Lipinski definition) is 4. The van der Waals surface area contributed by atoms with E-state index < -0.39 is 17.3 Å². The highest BCUT2D eigenvalue weighted by molar-refractivity contribution is 5.68. The number of rotatable bonds is 0. The Labute approximate surface area is 114 Å². The monoisotopic (exact) mass is 271 g/mol. The van der Waals surface area contributed by atoms with Gasteiger partial charge in [-0.1, -0.05) is 0 Å². The van der Waals surface area contributed by atoms with Gasteiger partial charge in [0, 0.05) is 13.1 Å². The van der Waals surface area contributed by atoms with Gasteiger partial charge < -0.3 is 19.5 Å². The van der Waals surface area contributed by atoms with Crippen molar-refractivity contribution in [1.82, 2.24) is 4.90 Å². The molecule has 0 radical (unpaired) electrons. The molecule has 0 saturated carbocycles. The van der Waals surface area contributed by atoms with E-state index in [0.29, 0.717) is 32.5 Å². The van der Waals surface area contributed by atoms with Crippen LogP contribution in [0.1, 0.15) is 46.5 Å². The Balaban J connectivity index is 1.95. The Kier molecular flexibility index (Phi) is 4.06. The van der Waals surface area contributed by atoms with Gasteiger partial charge in [-0.05, 0) is 46.5 Å². The molecule has 5 heteroatoms. The summed E-state index contributed by atoms with van der Waals surface area (Å²) in [4.78, 5) is 13.8. The lowest BCUT2D eigenvalue weighted by Crippen LogP contribution is -2.41. The predicted octanol–water partition coefficient (Wildman–Crippen LogP) is 1.93. The molecule has 1 N–H and O–H groups in total. The first kappa shape index (κ1) is 14.6. The Bertz CT molecular complexity index is 339. The zero-order valence-corrected chi connectivity index (χ0v) is 12.1. The van der Waals surface area contributed by atoms with Crippen LogP contribution in [0.15, 0.2) is 0 Å². The normalized spacial score (nSPS) is 32.4. The van der Waals surface area contributed by atoms with E-state index in [2.05, 4.69) is 0 Å². The van der Waals surface area contributed by atoms with Crippen LogP contribution in [0.4, 0.5) is 4.79 Å². The van der Waals surface area contributed by atoms with Gasteiger partial charge in [-0.25, -0.2) is 4.79 Å². The Morgan fingerprint density at radius 3 is 2.68 bits per heavy atom. The summed E-state index contributed by atoms with van der Waals surface area (Å²) in [5, 5.41) is 10.1. The third kappa shape index (κ3) is 3.39. The molecule has 2 rings (SSSR count). The highest BCUT2D eigenvalue weighted by Crippen LogP contribution is 2.36. The van der Waals surface area contributed by atoms with E-state index in [1.807, 2.05) is 20.8 Å². The van der Waals surface area contributed by atoms with Crippen LogP contribution in [-0.2, 0) is 9.47 Å². The maximum absolute atomic E-state index is 12.1. The average Bonchev–Trinajstić information content (AvgIpc) is 2.52. The van der Waals surface area contributed by atoms with Gasteiger partial charge >= 0.3 is 6.09 Å². The van der Waals surface area contributed by atoms with Crippen molar-refractivity contribution in [3.8, 4) is 0 Å². The molecule has 1 amide bonds. The zero-order chi connectivity index (χ0) is 14.1. The summed E-state index contributed by atoms with van der Waals surface area (Å²) in [6.07, 6.45) is 2.38. The lowest BCUT2D eigenvalue weighted by molar-refractivity contribution is -0.0670. The molecule has 0 aliphatic carbocycles. The van der Waals surface area contributed by atoms with Crippen LogP contribution in [0.2, 0.25) is 0 Å². The van der Waals surface area contributed by atoms with Gasteiger partial charge in [-0.15, -0.1) is 0 Å². The van der Waals surface area contributed by atoms with Gasteiger partial charge in [0.25, 0.3) is 0 Å². The molecule has 0 aromatic rings. The third-order valence-electron chi connectivity index (χ3n) is 3.87. The number of ether oxygens (including phenoxy) is 2. The fourth-order valence-corrected chi connectivity index (χ4v) is 2.85. The summed E-state index contributed by atoms with van der Waals surface area (Å²) in [5.41, 5.74) is -0.902. The van der Waals surface area contributed by atoms with Crippen molar-refractivity contribution in [2.75, 3.05) is 19.7 Å². The van der Waals surface area contributed by atoms with E-state index in [1.165, 1.54) is 0 Å². The van der Waals surface area contributed by atoms with Crippen molar-refractivity contribution < 1.29 is 19.4 Å². The number of aliphatic hydroxyl groups excluding tert-OH is 1. The fraction of sp³-hybridized carbons (Fsp3) is 0.929. The van der Waals surface area contributed by atoms with Gasteiger partial charge in [-0.2, -0.15) is 0 Å². The zero-order valence-electron chi connectivity index (χ0n) is 12.1. The molecule has 2 fully saturated rings. The first-order valence-electron chi connectivity index (χ1n) is 7.12. The molecular formula is C14H25NO4. The second-order valence-electron chi connectivity index (χ2n) is 6.54. The van der Waals surface area contributed by atoms with Crippen molar-refractivity contribution in [2.45, 2.75) is 63.8 Å². The molecule has 0 bridgehead atoms. The Morgan fingerprint density at radius 1 is 1.37 bits per heavy atom. The molecule has 2 unspecified atom stereocenters. The number of aliphatic hydroxyl groups is 1. The van der Waals surface area contributed by atoms with Gasteiger partial charge in [0.1, 0.15) is 5.60 Å². The predicted molar refractivity (Wildman–Crippen MR) is 71.0 cm³/mol.